The zero-order valence-corrected chi connectivity index (χ0v) is 19.5. The van der Waals surface area contributed by atoms with Gasteiger partial charge in [-0.2, -0.15) is 0 Å². The Morgan fingerprint density at radius 2 is 1.81 bits per heavy atom. The molecule has 170 valence electrons. The highest BCUT2D eigenvalue weighted by atomic mass is 16.5. The van der Waals surface area contributed by atoms with Crippen molar-refractivity contribution < 1.29 is 4.52 Å². The highest BCUT2D eigenvalue weighted by Gasteiger charge is 2.21. The van der Waals surface area contributed by atoms with Crippen LogP contribution >= 0.6 is 0 Å². The van der Waals surface area contributed by atoms with E-state index in [1.165, 1.54) is 5.69 Å². The summed E-state index contributed by atoms with van der Waals surface area (Å²) in [6, 6.07) is 11.1. The van der Waals surface area contributed by atoms with Crippen LogP contribution in [-0.4, -0.2) is 61.3 Å². The van der Waals surface area contributed by atoms with Gasteiger partial charge in [-0.15, -0.1) is 0 Å². The molecule has 0 radical (unpaired) electrons. The molecule has 0 spiro atoms. The van der Waals surface area contributed by atoms with Crippen LogP contribution in [0.3, 0.4) is 0 Å². The van der Waals surface area contributed by atoms with Crippen LogP contribution in [0.15, 0.2) is 39.8 Å². The Kier molecular flexibility index (Phi) is 8.76. The molecular formula is C24H38N6O. The van der Waals surface area contributed by atoms with Crippen molar-refractivity contribution in [2.45, 2.75) is 53.1 Å². The molecule has 0 bridgehead atoms. The average Bonchev–Trinajstić information content (AvgIpc) is 3.23. The molecule has 2 aromatic rings. The molecule has 0 aliphatic carbocycles. The normalized spacial score (nSPS) is 16.4. The van der Waals surface area contributed by atoms with Crippen molar-refractivity contribution in [3.05, 3.63) is 47.3 Å². The van der Waals surface area contributed by atoms with Gasteiger partial charge in [0.2, 0.25) is 0 Å². The van der Waals surface area contributed by atoms with Crippen molar-refractivity contribution >= 4 is 11.6 Å². The van der Waals surface area contributed by atoms with Gasteiger partial charge in [0.05, 0.1) is 12.2 Å². The largest absolute Gasteiger partial charge is 0.369 e. The Bertz CT molecular complexity index is 789. The molecule has 1 saturated heterocycles. The van der Waals surface area contributed by atoms with Gasteiger partial charge >= 0.3 is 0 Å². The van der Waals surface area contributed by atoms with Gasteiger partial charge in [0.15, 0.2) is 5.96 Å². The first-order valence-corrected chi connectivity index (χ1v) is 11.7. The molecule has 31 heavy (non-hydrogen) atoms. The number of piperazine rings is 1. The molecule has 2 heterocycles. The van der Waals surface area contributed by atoms with Crippen LogP contribution in [0.4, 0.5) is 5.69 Å². The van der Waals surface area contributed by atoms with Crippen LogP contribution in [0, 0.1) is 0 Å². The summed E-state index contributed by atoms with van der Waals surface area (Å²) in [7, 11) is 0. The molecule has 0 amide bonds. The van der Waals surface area contributed by atoms with Crippen LogP contribution in [0.2, 0.25) is 0 Å². The van der Waals surface area contributed by atoms with E-state index in [-0.39, 0.29) is 0 Å². The SMILES string of the molecule is CCNC(=NCc1c(CC)noc1CC)NCC(C)N1CCN(c2ccccc2)CC1. The maximum Gasteiger partial charge on any atom is 0.191 e. The Labute approximate surface area is 186 Å². The fourth-order valence-corrected chi connectivity index (χ4v) is 4.05. The predicted octanol–water partition coefficient (Wildman–Crippen LogP) is 3.07. The second-order valence-corrected chi connectivity index (χ2v) is 8.02. The summed E-state index contributed by atoms with van der Waals surface area (Å²) in [6.45, 7) is 15.2. The summed E-state index contributed by atoms with van der Waals surface area (Å²) < 4.78 is 5.48. The Hall–Kier alpha value is -2.54. The van der Waals surface area contributed by atoms with E-state index in [2.05, 4.69) is 83.6 Å². The molecule has 7 nitrogen and oxygen atoms in total. The van der Waals surface area contributed by atoms with Crippen molar-refractivity contribution in [3.8, 4) is 0 Å². The molecule has 3 rings (SSSR count). The number of aliphatic imine (C=N–C) groups is 1. The maximum atomic E-state index is 5.48. The Morgan fingerprint density at radius 1 is 1.06 bits per heavy atom. The van der Waals surface area contributed by atoms with Gasteiger partial charge in [-0.05, 0) is 32.4 Å². The first-order valence-electron chi connectivity index (χ1n) is 11.7. The number of anilines is 1. The highest BCUT2D eigenvalue weighted by molar-refractivity contribution is 5.79. The first kappa shape index (κ1) is 23.1. The summed E-state index contributed by atoms with van der Waals surface area (Å²) in [4.78, 5) is 9.84. The lowest BCUT2D eigenvalue weighted by Gasteiger charge is -2.39. The number of rotatable bonds is 9. The van der Waals surface area contributed by atoms with Crippen LogP contribution in [-0.2, 0) is 19.4 Å². The predicted molar refractivity (Wildman–Crippen MR) is 128 cm³/mol. The van der Waals surface area contributed by atoms with E-state index >= 15 is 0 Å². The van der Waals surface area contributed by atoms with E-state index in [1.807, 2.05) is 0 Å². The third kappa shape index (κ3) is 6.23. The van der Waals surface area contributed by atoms with Gasteiger partial charge in [0.1, 0.15) is 5.76 Å². The number of benzene rings is 1. The summed E-state index contributed by atoms with van der Waals surface area (Å²) in [5.74, 6) is 1.80. The summed E-state index contributed by atoms with van der Waals surface area (Å²) in [5.41, 5.74) is 3.47. The minimum absolute atomic E-state index is 0.440. The number of hydrogen-bond donors (Lipinski definition) is 2. The minimum atomic E-state index is 0.440. The molecule has 1 aliphatic heterocycles. The van der Waals surface area contributed by atoms with Gasteiger partial charge in [0.25, 0.3) is 0 Å². The van der Waals surface area contributed by atoms with Crippen molar-refractivity contribution in [3.63, 3.8) is 0 Å². The van der Waals surface area contributed by atoms with Gasteiger partial charge in [-0.3, -0.25) is 4.90 Å². The van der Waals surface area contributed by atoms with Crippen LogP contribution in [0.1, 0.15) is 44.7 Å². The molecular weight excluding hydrogens is 388 g/mol. The third-order valence-corrected chi connectivity index (χ3v) is 5.97. The van der Waals surface area contributed by atoms with E-state index in [0.717, 1.165) is 75.1 Å². The Balaban J connectivity index is 1.52. The van der Waals surface area contributed by atoms with Crippen molar-refractivity contribution in [1.29, 1.82) is 0 Å². The van der Waals surface area contributed by atoms with Crippen LogP contribution in [0.5, 0.6) is 0 Å². The molecule has 1 atom stereocenters. The lowest BCUT2D eigenvalue weighted by molar-refractivity contribution is 0.197. The quantitative estimate of drug-likeness (QED) is 0.474. The highest BCUT2D eigenvalue weighted by Crippen LogP contribution is 2.17. The fourth-order valence-electron chi connectivity index (χ4n) is 4.05. The number of aromatic nitrogens is 1. The van der Waals surface area contributed by atoms with Gasteiger partial charge in [0, 0.05) is 63.0 Å². The number of hydrogen-bond acceptors (Lipinski definition) is 5. The van der Waals surface area contributed by atoms with E-state index in [4.69, 9.17) is 9.52 Å². The molecule has 1 fully saturated rings. The van der Waals surface area contributed by atoms with Gasteiger partial charge in [-0.25, -0.2) is 4.99 Å². The fraction of sp³-hybridized carbons (Fsp3) is 0.583. The number of nitrogens with zero attached hydrogens (tertiary/aromatic N) is 4. The number of aryl methyl sites for hydroxylation is 2. The molecule has 7 heteroatoms. The first-order chi connectivity index (χ1) is 15.2. The minimum Gasteiger partial charge on any atom is -0.369 e. The van der Waals surface area contributed by atoms with E-state index in [0.29, 0.717) is 12.6 Å². The van der Waals surface area contributed by atoms with Crippen molar-refractivity contribution in [1.82, 2.24) is 20.7 Å². The maximum absolute atomic E-state index is 5.48. The standard InChI is InChI=1S/C24H38N6O/c1-5-22-21(23(6-2)31-28-22)18-27-24(25-7-3)26-17-19(4)29-13-15-30(16-14-29)20-11-9-8-10-12-20/h8-12,19H,5-7,13-18H2,1-4H3,(H2,25,26,27). The zero-order chi connectivity index (χ0) is 22.1. The molecule has 2 N–H and O–H groups in total. The molecule has 1 aliphatic rings. The van der Waals surface area contributed by atoms with Crippen molar-refractivity contribution in [2.24, 2.45) is 4.99 Å². The molecule has 1 unspecified atom stereocenters. The molecule has 1 aromatic carbocycles. The summed E-state index contributed by atoms with van der Waals surface area (Å²) in [5, 5.41) is 11.1. The van der Waals surface area contributed by atoms with Gasteiger partial charge in [-0.1, -0.05) is 37.2 Å². The lowest BCUT2D eigenvalue weighted by Crippen LogP contribution is -2.53. The van der Waals surface area contributed by atoms with Crippen molar-refractivity contribution in [2.75, 3.05) is 44.2 Å². The van der Waals surface area contributed by atoms with Gasteiger partial charge < -0.3 is 20.1 Å². The zero-order valence-electron chi connectivity index (χ0n) is 19.5. The lowest BCUT2D eigenvalue weighted by atomic mass is 10.1. The van der Waals surface area contributed by atoms with Crippen LogP contribution < -0.4 is 15.5 Å². The second-order valence-electron chi connectivity index (χ2n) is 8.02. The smallest absolute Gasteiger partial charge is 0.191 e. The Morgan fingerprint density at radius 3 is 2.45 bits per heavy atom. The number of para-hydroxylation sites is 1. The molecule has 1 aromatic heterocycles. The van der Waals surface area contributed by atoms with Crippen LogP contribution in [0.25, 0.3) is 0 Å². The number of nitrogens with one attached hydrogen (secondary N) is 2. The third-order valence-electron chi connectivity index (χ3n) is 5.97. The molecule has 0 saturated carbocycles. The summed E-state index contributed by atoms with van der Waals surface area (Å²) in [6.07, 6.45) is 1.71. The van der Waals surface area contributed by atoms with E-state index < -0.39 is 0 Å². The summed E-state index contributed by atoms with van der Waals surface area (Å²) >= 11 is 0. The topological polar surface area (TPSA) is 68.9 Å². The second kappa shape index (κ2) is 11.7. The van der Waals surface area contributed by atoms with E-state index in [9.17, 15) is 0 Å². The monoisotopic (exact) mass is 426 g/mol. The van der Waals surface area contributed by atoms with E-state index in [1.54, 1.807) is 0 Å². The number of guanidine groups is 1. The average molecular weight is 427 g/mol.